The molecule has 0 saturated carbocycles. The summed E-state index contributed by atoms with van der Waals surface area (Å²) in [5.41, 5.74) is 1.41. The minimum atomic E-state index is 0.652. The second-order valence-electron chi connectivity index (χ2n) is 7.34. The molecule has 1 heterocycles. The maximum atomic E-state index is 5.46. The van der Waals surface area contributed by atoms with E-state index in [-0.39, 0.29) is 0 Å². The monoisotopic (exact) mass is 405 g/mol. The van der Waals surface area contributed by atoms with Gasteiger partial charge in [-0.2, -0.15) is 0 Å². The van der Waals surface area contributed by atoms with Crippen LogP contribution in [0.25, 0.3) is 0 Å². The van der Waals surface area contributed by atoms with E-state index in [2.05, 4.69) is 55.8 Å². The first-order valence-electron chi connectivity index (χ1n) is 10.8. The molecular weight excluding hydrogens is 366 g/mol. The number of hydrogen-bond donors (Lipinski definition) is 2. The largest absolute Gasteiger partial charge is 0.382 e. The van der Waals surface area contributed by atoms with E-state index >= 15 is 0 Å². The quantitative estimate of drug-likeness (QED) is 0.294. The topological polar surface area (TPSA) is 61.4 Å². The number of methoxy groups -OCH3 is 1. The number of rotatable bonds is 13. The summed E-state index contributed by atoms with van der Waals surface area (Å²) in [6.07, 6.45) is 2.08. The molecule has 0 spiro atoms. The zero-order valence-corrected chi connectivity index (χ0v) is 18.2. The molecule has 0 aliphatic carbocycles. The Morgan fingerprint density at radius 2 is 1.62 bits per heavy atom. The van der Waals surface area contributed by atoms with Gasteiger partial charge in [0.1, 0.15) is 0 Å². The van der Waals surface area contributed by atoms with Crippen molar-refractivity contribution in [2.75, 3.05) is 79.8 Å². The molecule has 1 aromatic rings. The summed E-state index contributed by atoms with van der Waals surface area (Å²) in [7, 11) is 3.50. The van der Waals surface area contributed by atoms with Crippen LogP contribution in [0.3, 0.4) is 0 Å². The molecule has 7 nitrogen and oxygen atoms in total. The molecular formula is C22H39N5O2. The van der Waals surface area contributed by atoms with Gasteiger partial charge in [-0.15, -0.1) is 0 Å². The van der Waals surface area contributed by atoms with Gasteiger partial charge in [0.2, 0.25) is 0 Å². The van der Waals surface area contributed by atoms with Crippen molar-refractivity contribution in [3.05, 3.63) is 35.9 Å². The van der Waals surface area contributed by atoms with Crippen molar-refractivity contribution < 1.29 is 9.47 Å². The lowest BCUT2D eigenvalue weighted by Crippen LogP contribution is -2.46. The standard InChI is InChI=1S/C22H39N5O2/c1-23-22(25-11-7-17-29-19-18-28-2)24-10-6-12-26-13-15-27(16-14-26)20-21-8-4-3-5-9-21/h3-5,8-9H,6-7,10-20H2,1-2H3,(H2,23,24,25). The van der Waals surface area contributed by atoms with Gasteiger partial charge in [-0.05, 0) is 24.9 Å². The summed E-state index contributed by atoms with van der Waals surface area (Å²) in [5.74, 6) is 0.870. The number of benzene rings is 1. The zero-order valence-electron chi connectivity index (χ0n) is 18.2. The van der Waals surface area contributed by atoms with Crippen LogP contribution in [0.2, 0.25) is 0 Å². The Kier molecular flexibility index (Phi) is 12.4. The van der Waals surface area contributed by atoms with E-state index in [1.165, 1.54) is 5.56 Å². The third-order valence-corrected chi connectivity index (χ3v) is 5.07. The second-order valence-corrected chi connectivity index (χ2v) is 7.34. The van der Waals surface area contributed by atoms with Crippen LogP contribution in [0.15, 0.2) is 35.3 Å². The van der Waals surface area contributed by atoms with Crippen molar-refractivity contribution in [1.29, 1.82) is 0 Å². The Bertz CT molecular complexity index is 547. The van der Waals surface area contributed by atoms with Crippen molar-refractivity contribution in [2.24, 2.45) is 4.99 Å². The van der Waals surface area contributed by atoms with Crippen LogP contribution < -0.4 is 10.6 Å². The first-order chi connectivity index (χ1) is 14.3. The zero-order chi connectivity index (χ0) is 20.6. The molecule has 1 aromatic carbocycles. The van der Waals surface area contributed by atoms with Gasteiger partial charge in [0.05, 0.1) is 13.2 Å². The van der Waals surface area contributed by atoms with Gasteiger partial charge < -0.3 is 25.0 Å². The number of ether oxygens (including phenoxy) is 2. The van der Waals surface area contributed by atoms with Crippen LogP contribution in [0.1, 0.15) is 18.4 Å². The van der Waals surface area contributed by atoms with E-state index in [4.69, 9.17) is 9.47 Å². The number of nitrogens with one attached hydrogen (secondary N) is 2. The Labute approximate surface area is 176 Å². The van der Waals surface area contributed by atoms with Crippen molar-refractivity contribution in [1.82, 2.24) is 20.4 Å². The van der Waals surface area contributed by atoms with Crippen LogP contribution in [0, 0.1) is 0 Å². The summed E-state index contributed by atoms with van der Waals surface area (Å²) < 4.78 is 10.4. The van der Waals surface area contributed by atoms with Gasteiger partial charge in [0.25, 0.3) is 0 Å². The molecule has 164 valence electrons. The van der Waals surface area contributed by atoms with Crippen LogP contribution in [0.5, 0.6) is 0 Å². The smallest absolute Gasteiger partial charge is 0.190 e. The van der Waals surface area contributed by atoms with E-state index in [0.717, 1.165) is 77.8 Å². The van der Waals surface area contributed by atoms with Crippen LogP contribution in [0.4, 0.5) is 0 Å². The highest BCUT2D eigenvalue weighted by molar-refractivity contribution is 5.79. The highest BCUT2D eigenvalue weighted by atomic mass is 16.5. The van der Waals surface area contributed by atoms with E-state index in [1.54, 1.807) is 7.11 Å². The maximum absolute atomic E-state index is 5.46. The fraction of sp³-hybridized carbons (Fsp3) is 0.682. The molecule has 1 saturated heterocycles. The molecule has 2 N–H and O–H groups in total. The number of piperazine rings is 1. The lowest BCUT2D eigenvalue weighted by atomic mass is 10.2. The van der Waals surface area contributed by atoms with Crippen molar-refractivity contribution in [3.63, 3.8) is 0 Å². The lowest BCUT2D eigenvalue weighted by Gasteiger charge is -2.34. The minimum Gasteiger partial charge on any atom is -0.382 e. The van der Waals surface area contributed by atoms with Gasteiger partial charge >= 0.3 is 0 Å². The van der Waals surface area contributed by atoms with Crippen molar-refractivity contribution >= 4 is 5.96 Å². The van der Waals surface area contributed by atoms with E-state index in [9.17, 15) is 0 Å². The average Bonchev–Trinajstić information content (AvgIpc) is 2.76. The molecule has 1 aliphatic rings. The summed E-state index contributed by atoms with van der Waals surface area (Å²) in [5, 5.41) is 6.74. The SMILES string of the molecule is CN=C(NCCCOCCOC)NCCCN1CCN(Cc2ccccc2)CC1. The second kappa shape index (κ2) is 15.2. The van der Waals surface area contributed by atoms with Gasteiger partial charge in [-0.3, -0.25) is 9.89 Å². The van der Waals surface area contributed by atoms with E-state index in [1.807, 2.05) is 7.05 Å². The summed E-state index contributed by atoms with van der Waals surface area (Å²) in [6, 6.07) is 10.8. The third kappa shape index (κ3) is 10.6. The molecule has 0 atom stereocenters. The van der Waals surface area contributed by atoms with Gasteiger partial charge in [0, 0.05) is 66.6 Å². The van der Waals surface area contributed by atoms with Crippen molar-refractivity contribution in [2.45, 2.75) is 19.4 Å². The molecule has 7 heteroatoms. The normalized spacial score (nSPS) is 16.1. The Balaban J connectivity index is 1.47. The fourth-order valence-corrected chi connectivity index (χ4v) is 3.37. The van der Waals surface area contributed by atoms with Gasteiger partial charge in [-0.25, -0.2) is 0 Å². The first kappa shape index (κ1) is 23.6. The maximum Gasteiger partial charge on any atom is 0.190 e. The Morgan fingerprint density at radius 3 is 2.31 bits per heavy atom. The molecule has 0 unspecified atom stereocenters. The number of guanidine groups is 1. The summed E-state index contributed by atoms with van der Waals surface area (Å²) in [4.78, 5) is 9.40. The minimum absolute atomic E-state index is 0.652. The van der Waals surface area contributed by atoms with Crippen LogP contribution in [-0.2, 0) is 16.0 Å². The first-order valence-corrected chi connectivity index (χ1v) is 10.8. The molecule has 1 fully saturated rings. The fourth-order valence-electron chi connectivity index (χ4n) is 3.37. The molecule has 2 rings (SSSR count). The Hall–Kier alpha value is -1.67. The highest BCUT2D eigenvalue weighted by Crippen LogP contribution is 2.08. The highest BCUT2D eigenvalue weighted by Gasteiger charge is 2.16. The predicted molar refractivity (Wildman–Crippen MR) is 119 cm³/mol. The summed E-state index contributed by atoms with van der Waals surface area (Å²) >= 11 is 0. The van der Waals surface area contributed by atoms with Crippen LogP contribution >= 0.6 is 0 Å². The lowest BCUT2D eigenvalue weighted by molar-refractivity contribution is 0.0698. The van der Waals surface area contributed by atoms with Gasteiger partial charge in [0.15, 0.2) is 5.96 Å². The average molecular weight is 406 g/mol. The number of hydrogen-bond acceptors (Lipinski definition) is 5. The summed E-state index contributed by atoms with van der Waals surface area (Å²) in [6.45, 7) is 10.7. The predicted octanol–water partition coefficient (Wildman–Crippen LogP) is 1.41. The van der Waals surface area contributed by atoms with Crippen molar-refractivity contribution in [3.8, 4) is 0 Å². The third-order valence-electron chi connectivity index (χ3n) is 5.07. The molecule has 29 heavy (non-hydrogen) atoms. The molecule has 1 aliphatic heterocycles. The van der Waals surface area contributed by atoms with E-state index in [0.29, 0.717) is 13.2 Å². The number of aliphatic imine (C=N–C) groups is 1. The molecule has 0 bridgehead atoms. The van der Waals surface area contributed by atoms with Gasteiger partial charge in [-0.1, -0.05) is 30.3 Å². The Morgan fingerprint density at radius 1 is 0.931 bits per heavy atom. The molecule has 0 amide bonds. The molecule has 0 radical (unpaired) electrons. The van der Waals surface area contributed by atoms with Crippen LogP contribution in [-0.4, -0.2) is 95.6 Å². The number of nitrogens with zero attached hydrogens (tertiary/aromatic N) is 3. The molecule has 0 aromatic heterocycles. The van der Waals surface area contributed by atoms with E-state index < -0.39 is 0 Å².